The minimum Gasteiger partial charge on any atom is -0.407 e. The first-order valence-electron chi connectivity index (χ1n) is 10.1. The van der Waals surface area contributed by atoms with Crippen molar-refractivity contribution in [1.29, 1.82) is 0 Å². The van der Waals surface area contributed by atoms with Crippen LogP contribution in [-0.4, -0.2) is 38.4 Å². The molecule has 0 aliphatic carbocycles. The molecular weight excluding hydrogens is 405 g/mol. The van der Waals surface area contributed by atoms with E-state index in [1.165, 1.54) is 17.4 Å². The van der Waals surface area contributed by atoms with Crippen molar-refractivity contribution >= 4 is 32.0 Å². The largest absolute Gasteiger partial charge is 0.407 e. The summed E-state index contributed by atoms with van der Waals surface area (Å²) >= 11 is 1.50. The molecule has 0 fully saturated rings. The topological polar surface area (TPSA) is 48.4 Å². The normalized spacial score (nSPS) is 16.0. The Bertz CT molecular complexity index is 722. The van der Waals surface area contributed by atoms with Crippen molar-refractivity contribution in [1.82, 2.24) is 4.98 Å². The molecule has 29 heavy (non-hydrogen) atoms. The van der Waals surface area contributed by atoms with E-state index in [1.54, 1.807) is 6.92 Å². The van der Waals surface area contributed by atoms with Gasteiger partial charge in [-0.25, -0.2) is 9.37 Å². The van der Waals surface area contributed by atoms with Crippen molar-refractivity contribution < 1.29 is 18.3 Å². The Morgan fingerprint density at radius 2 is 2.03 bits per heavy atom. The summed E-state index contributed by atoms with van der Waals surface area (Å²) < 4.78 is 27.0. The standard InChI is InChI=1S/C22H36FNO3SSi/c1-16(11-12-26-17(2)14-25)9-10-21(27-29(7,8)22(4,5)6)20(23)13-19-15-28-18(3)24-19/h9,13-15,17,21H,10-12H2,1-8H3/t17-,21+/m1/s1. The van der Waals surface area contributed by atoms with Crippen LogP contribution in [0.25, 0.3) is 6.08 Å². The van der Waals surface area contributed by atoms with Gasteiger partial charge in [0.15, 0.2) is 8.32 Å². The third-order valence-electron chi connectivity index (χ3n) is 5.22. The molecular formula is C22H36FNO3SSi. The number of ether oxygens (including phenoxy) is 1. The summed E-state index contributed by atoms with van der Waals surface area (Å²) in [4.78, 5) is 15.0. The molecule has 1 rings (SSSR count). The summed E-state index contributed by atoms with van der Waals surface area (Å²) in [6, 6.07) is 0. The second-order valence-corrected chi connectivity index (χ2v) is 14.8. The summed E-state index contributed by atoms with van der Waals surface area (Å²) in [6.07, 6.45) is 4.38. The molecule has 0 aromatic carbocycles. The number of carbonyl (C=O) groups is 1. The molecule has 0 saturated carbocycles. The Kier molecular flexibility index (Phi) is 10.1. The maximum absolute atomic E-state index is 15.2. The van der Waals surface area contributed by atoms with Gasteiger partial charge in [0.05, 0.1) is 17.3 Å². The molecule has 1 heterocycles. The monoisotopic (exact) mass is 441 g/mol. The zero-order valence-electron chi connectivity index (χ0n) is 19.0. The Labute approximate surface area is 180 Å². The van der Waals surface area contributed by atoms with Crippen LogP contribution in [0.3, 0.4) is 0 Å². The molecule has 0 radical (unpaired) electrons. The van der Waals surface area contributed by atoms with Crippen LogP contribution in [0.5, 0.6) is 0 Å². The molecule has 0 N–H and O–H groups in total. The smallest absolute Gasteiger partial charge is 0.193 e. The van der Waals surface area contributed by atoms with Crippen molar-refractivity contribution in [2.24, 2.45) is 0 Å². The number of nitrogens with zero attached hydrogens (tertiary/aromatic N) is 1. The van der Waals surface area contributed by atoms with Gasteiger partial charge >= 0.3 is 0 Å². The molecule has 164 valence electrons. The van der Waals surface area contributed by atoms with E-state index in [0.717, 1.165) is 16.9 Å². The van der Waals surface area contributed by atoms with E-state index in [-0.39, 0.29) is 10.9 Å². The molecule has 1 aromatic heterocycles. The lowest BCUT2D eigenvalue weighted by Gasteiger charge is -2.38. The fraction of sp³-hybridized carbons (Fsp3) is 0.636. The summed E-state index contributed by atoms with van der Waals surface area (Å²) in [5, 5.41) is 2.75. The quantitative estimate of drug-likeness (QED) is 0.224. The number of rotatable bonds is 11. The predicted molar refractivity (Wildman–Crippen MR) is 122 cm³/mol. The molecule has 0 amide bonds. The zero-order chi connectivity index (χ0) is 22.2. The second kappa shape index (κ2) is 11.3. The van der Waals surface area contributed by atoms with Crippen molar-refractivity contribution in [2.45, 2.75) is 84.7 Å². The Morgan fingerprint density at radius 1 is 1.38 bits per heavy atom. The first kappa shape index (κ1) is 25.9. The lowest BCUT2D eigenvalue weighted by Crippen LogP contribution is -2.44. The lowest BCUT2D eigenvalue weighted by molar-refractivity contribution is -0.117. The summed E-state index contributed by atoms with van der Waals surface area (Å²) in [7, 11) is -2.15. The summed E-state index contributed by atoms with van der Waals surface area (Å²) in [6.45, 7) is 16.8. The number of aryl methyl sites for hydroxylation is 1. The van der Waals surface area contributed by atoms with Gasteiger partial charge in [0.25, 0.3) is 0 Å². The van der Waals surface area contributed by atoms with Crippen LogP contribution in [0.15, 0.2) is 22.9 Å². The average molecular weight is 442 g/mol. The van der Waals surface area contributed by atoms with Crippen molar-refractivity contribution in [3.05, 3.63) is 33.6 Å². The number of thiazole rings is 1. The van der Waals surface area contributed by atoms with Gasteiger partial charge in [-0.3, -0.25) is 0 Å². The molecule has 0 unspecified atom stereocenters. The number of hydrogen-bond donors (Lipinski definition) is 0. The van der Waals surface area contributed by atoms with Crippen LogP contribution in [0.2, 0.25) is 18.1 Å². The maximum Gasteiger partial charge on any atom is 0.193 e. The lowest BCUT2D eigenvalue weighted by atomic mass is 10.1. The number of hydrogen-bond acceptors (Lipinski definition) is 5. The van der Waals surface area contributed by atoms with Crippen LogP contribution in [-0.2, 0) is 14.0 Å². The van der Waals surface area contributed by atoms with Crippen molar-refractivity contribution in [3.8, 4) is 0 Å². The second-order valence-electron chi connectivity index (χ2n) is 8.94. The van der Waals surface area contributed by atoms with Crippen molar-refractivity contribution in [3.63, 3.8) is 0 Å². The highest BCUT2D eigenvalue weighted by molar-refractivity contribution is 7.09. The molecule has 1 aromatic rings. The van der Waals surface area contributed by atoms with Gasteiger partial charge in [0.2, 0.25) is 0 Å². The third kappa shape index (κ3) is 9.03. The predicted octanol–water partition coefficient (Wildman–Crippen LogP) is 6.48. The fourth-order valence-electron chi connectivity index (χ4n) is 2.29. The number of aldehydes is 1. The van der Waals surface area contributed by atoms with Crippen molar-refractivity contribution in [2.75, 3.05) is 6.61 Å². The molecule has 0 saturated heterocycles. The van der Waals surface area contributed by atoms with E-state index in [0.29, 0.717) is 25.1 Å². The highest BCUT2D eigenvalue weighted by Crippen LogP contribution is 2.39. The number of aromatic nitrogens is 1. The van der Waals surface area contributed by atoms with E-state index < -0.39 is 20.5 Å². The molecule has 4 nitrogen and oxygen atoms in total. The Morgan fingerprint density at radius 3 is 2.55 bits per heavy atom. The van der Waals surface area contributed by atoms with Gasteiger partial charge in [-0.1, -0.05) is 32.4 Å². The minimum absolute atomic E-state index is 0.0136. The third-order valence-corrected chi connectivity index (χ3v) is 10.5. The van der Waals surface area contributed by atoms with Gasteiger partial charge in [-0.2, -0.15) is 0 Å². The van der Waals surface area contributed by atoms with E-state index in [9.17, 15) is 4.79 Å². The zero-order valence-corrected chi connectivity index (χ0v) is 20.9. The minimum atomic E-state index is -2.15. The average Bonchev–Trinajstić information content (AvgIpc) is 3.01. The molecule has 2 atom stereocenters. The molecule has 0 aliphatic rings. The van der Waals surface area contributed by atoms with Gasteiger partial charge in [0.1, 0.15) is 24.3 Å². The molecule has 0 bridgehead atoms. The van der Waals surface area contributed by atoms with Crippen LogP contribution in [0, 0.1) is 6.92 Å². The van der Waals surface area contributed by atoms with Gasteiger partial charge in [-0.05, 0) is 57.8 Å². The van der Waals surface area contributed by atoms with Gasteiger partial charge < -0.3 is 14.0 Å². The summed E-state index contributed by atoms with van der Waals surface area (Å²) in [5.41, 5.74) is 1.72. The Hall–Kier alpha value is -1.15. The SMILES string of the molecule is CC(=CC[C@H](O[Si](C)(C)C(C)(C)C)C(F)=Cc1csc(C)n1)CCO[C@H](C)C=O. The molecule has 0 spiro atoms. The molecule has 0 aliphatic heterocycles. The van der Waals surface area contributed by atoms with Crippen LogP contribution in [0.4, 0.5) is 4.39 Å². The van der Waals surface area contributed by atoms with Crippen LogP contribution in [0.1, 0.15) is 58.2 Å². The number of halogens is 1. The van der Waals surface area contributed by atoms with E-state index in [2.05, 4.69) is 38.8 Å². The highest BCUT2D eigenvalue weighted by atomic mass is 32.1. The van der Waals surface area contributed by atoms with E-state index in [4.69, 9.17) is 9.16 Å². The van der Waals surface area contributed by atoms with Gasteiger partial charge in [-0.15, -0.1) is 11.3 Å². The molecule has 7 heteroatoms. The van der Waals surface area contributed by atoms with Gasteiger partial charge in [0, 0.05) is 5.38 Å². The van der Waals surface area contributed by atoms with Crippen LogP contribution >= 0.6 is 11.3 Å². The highest BCUT2D eigenvalue weighted by Gasteiger charge is 2.39. The number of carbonyl (C=O) groups excluding carboxylic acids is 1. The van der Waals surface area contributed by atoms with E-state index >= 15 is 4.39 Å². The summed E-state index contributed by atoms with van der Waals surface area (Å²) in [5.74, 6) is -0.296. The fourth-order valence-corrected chi connectivity index (χ4v) is 4.13. The first-order chi connectivity index (χ1) is 13.4. The Balaban J connectivity index is 2.94. The van der Waals surface area contributed by atoms with E-state index in [1.807, 2.05) is 25.3 Å². The first-order valence-corrected chi connectivity index (χ1v) is 13.8. The maximum atomic E-state index is 15.2. The van der Waals surface area contributed by atoms with Crippen LogP contribution < -0.4 is 0 Å².